The lowest BCUT2D eigenvalue weighted by atomic mass is 9.93. The Bertz CT molecular complexity index is 339. The molecule has 0 radical (unpaired) electrons. The average Bonchev–Trinajstić information content (AvgIpc) is 2.33. The molecule has 1 saturated heterocycles. The third kappa shape index (κ3) is 3.40. The highest BCUT2D eigenvalue weighted by atomic mass is 32.2. The molecule has 0 bridgehead atoms. The number of aliphatic hydroxyl groups is 1. The number of sulfonamides is 1. The van der Waals surface area contributed by atoms with Gasteiger partial charge in [-0.05, 0) is 38.8 Å². The highest BCUT2D eigenvalue weighted by Crippen LogP contribution is 2.21. The fraction of sp³-hybridized carbons (Fsp3) is 1.00. The molecule has 3 N–H and O–H groups in total. The standard InChI is InChI=1S/C11H22N2O3S/c14-11-4-2-1-3-10(11)13-17(15,16)9-5-7-12-8-6-9/h9-14H,1-8H2. The molecule has 1 aliphatic heterocycles. The number of rotatable bonds is 3. The summed E-state index contributed by atoms with van der Waals surface area (Å²) in [5, 5.41) is 12.7. The normalized spacial score (nSPS) is 32.5. The Morgan fingerprint density at radius 1 is 1.06 bits per heavy atom. The van der Waals surface area contributed by atoms with Crippen LogP contribution in [0.1, 0.15) is 38.5 Å². The molecule has 100 valence electrons. The zero-order chi connectivity index (χ0) is 12.3. The lowest BCUT2D eigenvalue weighted by Gasteiger charge is -2.31. The van der Waals surface area contributed by atoms with Gasteiger partial charge in [0.15, 0.2) is 0 Å². The Labute approximate surface area is 103 Å². The molecule has 1 saturated carbocycles. The third-order valence-electron chi connectivity index (χ3n) is 3.77. The minimum Gasteiger partial charge on any atom is -0.391 e. The van der Waals surface area contributed by atoms with Crippen molar-refractivity contribution < 1.29 is 13.5 Å². The molecular formula is C11H22N2O3S. The molecule has 6 heteroatoms. The molecule has 2 rings (SSSR count). The molecule has 0 aromatic carbocycles. The molecule has 1 aliphatic carbocycles. The Balaban J connectivity index is 1.95. The molecule has 0 aromatic heterocycles. The van der Waals surface area contributed by atoms with Crippen molar-refractivity contribution in [3.05, 3.63) is 0 Å². The Morgan fingerprint density at radius 3 is 2.35 bits per heavy atom. The van der Waals surface area contributed by atoms with Gasteiger partial charge < -0.3 is 10.4 Å². The average molecular weight is 262 g/mol. The SMILES string of the molecule is O=S(=O)(NC1CCCCC1O)C1CCNCC1. The van der Waals surface area contributed by atoms with E-state index in [0.717, 1.165) is 32.4 Å². The summed E-state index contributed by atoms with van der Waals surface area (Å²) in [6.45, 7) is 1.53. The van der Waals surface area contributed by atoms with Crippen LogP contribution in [0.5, 0.6) is 0 Å². The van der Waals surface area contributed by atoms with Crippen molar-refractivity contribution in [2.45, 2.75) is 55.9 Å². The predicted molar refractivity (Wildman–Crippen MR) is 66.2 cm³/mol. The summed E-state index contributed by atoms with van der Waals surface area (Å²) in [5.74, 6) is 0. The van der Waals surface area contributed by atoms with Crippen molar-refractivity contribution in [2.24, 2.45) is 0 Å². The van der Waals surface area contributed by atoms with E-state index in [-0.39, 0.29) is 11.3 Å². The first-order valence-electron chi connectivity index (χ1n) is 6.49. The van der Waals surface area contributed by atoms with Gasteiger partial charge in [-0.3, -0.25) is 0 Å². The second-order valence-corrected chi connectivity index (χ2v) is 7.06. The van der Waals surface area contributed by atoms with Crippen molar-refractivity contribution in [1.29, 1.82) is 0 Å². The summed E-state index contributed by atoms with van der Waals surface area (Å²) in [4.78, 5) is 0. The van der Waals surface area contributed by atoms with Crippen LogP contribution in [0.4, 0.5) is 0 Å². The molecule has 0 amide bonds. The van der Waals surface area contributed by atoms with E-state index in [1.165, 1.54) is 0 Å². The summed E-state index contributed by atoms with van der Waals surface area (Å²) in [6, 6.07) is -0.274. The first-order valence-corrected chi connectivity index (χ1v) is 8.04. The summed E-state index contributed by atoms with van der Waals surface area (Å²) in [7, 11) is -3.27. The number of piperidine rings is 1. The number of nitrogens with one attached hydrogen (secondary N) is 2. The van der Waals surface area contributed by atoms with Crippen LogP contribution in [0.3, 0.4) is 0 Å². The molecule has 1 heterocycles. The van der Waals surface area contributed by atoms with E-state index in [0.29, 0.717) is 19.3 Å². The van der Waals surface area contributed by atoms with Crippen molar-refractivity contribution in [3.8, 4) is 0 Å². The summed E-state index contributed by atoms with van der Waals surface area (Å²) in [6.07, 6.45) is 4.27. The van der Waals surface area contributed by atoms with Crippen LogP contribution < -0.4 is 10.0 Å². The molecule has 2 atom stereocenters. The first-order chi connectivity index (χ1) is 8.09. The van der Waals surface area contributed by atoms with Crippen molar-refractivity contribution in [1.82, 2.24) is 10.0 Å². The maximum absolute atomic E-state index is 12.1. The van der Waals surface area contributed by atoms with Gasteiger partial charge in [0.1, 0.15) is 0 Å². The Hall–Kier alpha value is -0.170. The summed E-state index contributed by atoms with van der Waals surface area (Å²) < 4.78 is 27.0. The highest BCUT2D eigenvalue weighted by molar-refractivity contribution is 7.90. The maximum Gasteiger partial charge on any atom is 0.214 e. The van der Waals surface area contributed by atoms with Crippen molar-refractivity contribution in [2.75, 3.05) is 13.1 Å². The van der Waals surface area contributed by atoms with Gasteiger partial charge in [-0.2, -0.15) is 0 Å². The van der Waals surface area contributed by atoms with E-state index in [4.69, 9.17) is 0 Å². The van der Waals surface area contributed by atoms with Crippen LogP contribution in [0.2, 0.25) is 0 Å². The maximum atomic E-state index is 12.1. The van der Waals surface area contributed by atoms with Crippen LogP contribution in [-0.4, -0.2) is 44.0 Å². The molecular weight excluding hydrogens is 240 g/mol. The van der Waals surface area contributed by atoms with Gasteiger partial charge in [0.2, 0.25) is 10.0 Å². The molecule has 0 aromatic rings. The molecule has 0 spiro atoms. The van der Waals surface area contributed by atoms with Gasteiger partial charge in [0, 0.05) is 6.04 Å². The third-order valence-corrected chi connectivity index (χ3v) is 5.75. The van der Waals surface area contributed by atoms with Crippen LogP contribution in [-0.2, 0) is 10.0 Å². The topological polar surface area (TPSA) is 78.4 Å². The Kier molecular flexibility index (Phi) is 4.41. The van der Waals surface area contributed by atoms with Crippen molar-refractivity contribution in [3.63, 3.8) is 0 Å². The van der Waals surface area contributed by atoms with Gasteiger partial charge in [0.25, 0.3) is 0 Å². The largest absolute Gasteiger partial charge is 0.391 e. The first kappa shape index (κ1) is 13.3. The highest BCUT2D eigenvalue weighted by Gasteiger charge is 2.32. The number of hydrogen-bond donors (Lipinski definition) is 3. The van der Waals surface area contributed by atoms with E-state index in [9.17, 15) is 13.5 Å². The van der Waals surface area contributed by atoms with Gasteiger partial charge in [-0.25, -0.2) is 13.1 Å². The lowest BCUT2D eigenvalue weighted by molar-refractivity contribution is 0.101. The fourth-order valence-corrected chi connectivity index (χ4v) is 4.41. The minimum atomic E-state index is -3.27. The van der Waals surface area contributed by atoms with Crippen molar-refractivity contribution >= 4 is 10.0 Å². The van der Waals surface area contributed by atoms with Crippen LogP contribution in [0, 0.1) is 0 Å². The molecule has 2 aliphatic rings. The van der Waals surface area contributed by atoms with E-state index in [2.05, 4.69) is 10.0 Å². The zero-order valence-corrected chi connectivity index (χ0v) is 10.9. The zero-order valence-electron chi connectivity index (χ0n) is 10.1. The molecule has 2 fully saturated rings. The van der Waals surface area contributed by atoms with E-state index >= 15 is 0 Å². The lowest BCUT2D eigenvalue weighted by Crippen LogP contribution is -2.50. The predicted octanol–water partition coefficient (Wildman–Crippen LogP) is -0.0387. The van der Waals surface area contributed by atoms with Crippen LogP contribution >= 0.6 is 0 Å². The molecule has 17 heavy (non-hydrogen) atoms. The van der Waals surface area contributed by atoms with Gasteiger partial charge in [0.05, 0.1) is 11.4 Å². The summed E-state index contributed by atoms with van der Waals surface area (Å²) in [5.41, 5.74) is 0. The van der Waals surface area contributed by atoms with Gasteiger partial charge in [-0.15, -0.1) is 0 Å². The monoisotopic (exact) mass is 262 g/mol. The summed E-state index contributed by atoms with van der Waals surface area (Å²) >= 11 is 0. The fourth-order valence-electron chi connectivity index (χ4n) is 2.66. The van der Waals surface area contributed by atoms with Crippen LogP contribution in [0.15, 0.2) is 0 Å². The van der Waals surface area contributed by atoms with Gasteiger partial charge >= 0.3 is 0 Å². The Morgan fingerprint density at radius 2 is 1.71 bits per heavy atom. The number of hydrogen-bond acceptors (Lipinski definition) is 4. The van der Waals surface area contributed by atoms with E-state index in [1.807, 2.05) is 0 Å². The molecule has 2 unspecified atom stereocenters. The van der Waals surface area contributed by atoms with Gasteiger partial charge in [-0.1, -0.05) is 12.8 Å². The smallest absolute Gasteiger partial charge is 0.214 e. The number of aliphatic hydroxyl groups excluding tert-OH is 1. The second kappa shape index (κ2) is 5.65. The van der Waals surface area contributed by atoms with E-state index < -0.39 is 16.1 Å². The quantitative estimate of drug-likeness (QED) is 0.667. The molecule has 5 nitrogen and oxygen atoms in total. The van der Waals surface area contributed by atoms with Crippen LogP contribution in [0.25, 0.3) is 0 Å². The van der Waals surface area contributed by atoms with E-state index in [1.54, 1.807) is 0 Å². The minimum absolute atomic E-state index is 0.274. The second-order valence-electron chi connectivity index (χ2n) is 5.07.